The summed E-state index contributed by atoms with van der Waals surface area (Å²) in [6.07, 6.45) is -4.74. The molecule has 1 atom stereocenters. The van der Waals surface area contributed by atoms with Crippen LogP contribution in [0.3, 0.4) is 0 Å². The number of hydrogen-bond donors (Lipinski definition) is 2. The summed E-state index contributed by atoms with van der Waals surface area (Å²) in [6, 6.07) is 10.6. The molecule has 0 saturated heterocycles. The standard InChI is InChI=1S/C15H12F3NO3/c16-15(17,18)22-12-7-5-10(6-8-12)13(19)9-1-3-11(4-2-9)14(20)21/h1-8,13H,19H2,(H,20,21)/t13-/m1/s1. The van der Waals surface area contributed by atoms with E-state index in [1.807, 2.05) is 0 Å². The summed E-state index contributed by atoms with van der Waals surface area (Å²) < 4.78 is 40.0. The molecule has 0 aliphatic heterocycles. The van der Waals surface area contributed by atoms with Gasteiger partial charge in [0.2, 0.25) is 0 Å². The molecular formula is C15H12F3NO3. The molecule has 2 rings (SSSR count). The van der Waals surface area contributed by atoms with Crippen LogP contribution >= 0.6 is 0 Å². The molecule has 2 aromatic carbocycles. The van der Waals surface area contributed by atoms with Gasteiger partial charge in [0.05, 0.1) is 11.6 Å². The van der Waals surface area contributed by atoms with E-state index in [9.17, 15) is 18.0 Å². The number of carboxylic acids is 1. The Labute approximate surface area is 123 Å². The first-order chi connectivity index (χ1) is 10.3. The average molecular weight is 311 g/mol. The number of hydrogen-bond acceptors (Lipinski definition) is 3. The Morgan fingerprint density at radius 2 is 1.45 bits per heavy atom. The summed E-state index contributed by atoms with van der Waals surface area (Å²) in [7, 11) is 0. The van der Waals surface area contributed by atoms with Gasteiger partial charge in [-0.2, -0.15) is 0 Å². The zero-order valence-corrected chi connectivity index (χ0v) is 11.2. The van der Waals surface area contributed by atoms with Crippen LogP contribution in [0.5, 0.6) is 5.75 Å². The van der Waals surface area contributed by atoms with E-state index in [1.165, 1.54) is 36.4 Å². The van der Waals surface area contributed by atoms with E-state index >= 15 is 0 Å². The summed E-state index contributed by atoms with van der Waals surface area (Å²) >= 11 is 0. The topological polar surface area (TPSA) is 72.5 Å². The number of rotatable bonds is 4. The minimum Gasteiger partial charge on any atom is -0.478 e. The van der Waals surface area contributed by atoms with E-state index in [4.69, 9.17) is 10.8 Å². The lowest BCUT2D eigenvalue weighted by molar-refractivity contribution is -0.274. The number of carbonyl (C=O) groups is 1. The molecule has 22 heavy (non-hydrogen) atoms. The van der Waals surface area contributed by atoms with Gasteiger partial charge in [0.1, 0.15) is 5.75 Å². The number of benzene rings is 2. The van der Waals surface area contributed by atoms with Crippen molar-refractivity contribution in [1.82, 2.24) is 0 Å². The maximum Gasteiger partial charge on any atom is 0.573 e. The Hall–Kier alpha value is -2.54. The van der Waals surface area contributed by atoms with Crippen molar-refractivity contribution >= 4 is 5.97 Å². The first kappa shape index (κ1) is 15.8. The maximum absolute atomic E-state index is 12.1. The Bertz CT molecular complexity index is 651. The van der Waals surface area contributed by atoms with Gasteiger partial charge in [0.15, 0.2) is 0 Å². The summed E-state index contributed by atoms with van der Waals surface area (Å²) in [5.41, 5.74) is 7.37. The van der Waals surface area contributed by atoms with Gasteiger partial charge in [-0.1, -0.05) is 24.3 Å². The Balaban J connectivity index is 2.15. The predicted molar refractivity (Wildman–Crippen MR) is 72.6 cm³/mol. The van der Waals surface area contributed by atoms with Crippen LogP contribution < -0.4 is 10.5 Å². The predicted octanol–water partition coefficient (Wildman–Crippen LogP) is 3.33. The van der Waals surface area contributed by atoms with Gasteiger partial charge in [0.25, 0.3) is 0 Å². The number of ether oxygens (including phenoxy) is 1. The van der Waals surface area contributed by atoms with E-state index in [1.54, 1.807) is 12.1 Å². The van der Waals surface area contributed by atoms with Crippen LogP contribution in [0.15, 0.2) is 48.5 Å². The molecule has 0 heterocycles. The van der Waals surface area contributed by atoms with Crippen molar-refractivity contribution in [1.29, 1.82) is 0 Å². The largest absolute Gasteiger partial charge is 0.573 e. The van der Waals surface area contributed by atoms with Gasteiger partial charge in [-0.05, 0) is 35.4 Å². The fraction of sp³-hybridized carbons (Fsp3) is 0.133. The van der Waals surface area contributed by atoms with Crippen LogP contribution in [0.4, 0.5) is 13.2 Å². The maximum atomic E-state index is 12.1. The highest BCUT2D eigenvalue weighted by Crippen LogP contribution is 2.26. The van der Waals surface area contributed by atoms with Crippen LogP contribution in [0.2, 0.25) is 0 Å². The minimum absolute atomic E-state index is 0.130. The van der Waals surface area contributed by atoms with E-state index in [2.05, 4.69) is 4.74 Å². The molecule has 0 aliphatic carbocycles. The van der Waals surface area contributed by atoms with Crippen molar-refractivity contribution in [3.05, 3.63) is 65.2 Å². The van der Waals surface area contributed by atoms with Crippen molar-refractivity contribution in [2.45, 2.75) is 12.4 Å². The van der Waals surface area contributed by atoms with Gasteiger partial charge in [-0.25, -0.2) is 4.79 Å². The number of nitrogens with two attached hydrogens (primary N) is 1. The van der Waals surface area contributed by atoms with Crippen LogP contribution in [-0.4, -0.2) is 17.4 Å². The minimum atomic E-state index is -4.74. The highest BCUT2D eigenvalue weighted by molar-refractivity contribution is 5.87. The molecule has 0 aromatic heterocycles. The van der Waals surface area contributed by atoms with Crippen LogP contribution in [0, 0.1) is 0 Å². The second-order valence-corrected chi connectivity index (χ2v) is 4.52. The smallest absolute Gasteiger partial charge is 0.478 e. The fourth-order valence-corrected chi connectivity index (χ4v) is 1.90. The van der Waals surface area contributed by atoms with Gasteiger partial charge < -0.3 is 15.6 Å². The molecular weight excluding hydrogens is 299 g/mol. The Morgan fingerprint density at radius 1 is 1.00 bits per heavy atom. The van der Waals surface area contributed by atoms with Crippen LogP contribution in [0.25, 0.3) is 0 Å². The number of alkyl halides is 3. The first-order valence-electron chi connectivity index (χ1n) is 6.21. The molecule has 0 aliphatic rings. The van der Waals surface area contributed by atoms with E-state index in [0.29, 0.717) is 11.1 Å². The zero-order chi connectivity index (χ0) is 16.3. The normalized spacial score (nSPS) is 12.7. The average Bonchev–Trinajstić information content (AvgIpc) is 2.46. The SMILES string of the molecule is N[C@@H](c1ccc(OC(F)(F)F)cc1)c1ccc(C(=O)O)cc1. The van der Waals surface area contributed by atoms with Crippen molar-refractivity contribution in [3.8, 4) is 5.75 Å². The van der Waals surface area contributed by atoms with Crippen molar-refractivity contribution in [2.24, 2.45) is 5.73 Å². The van der Waals surface area contributed by atoms with E-state index in [0.717, 1.165) is 0 Å². The number of halogens is 3. The molecule has 7 heteroatoms. The summed E-state index contributed by atoms with van der Waals surface area (Å²) in [6.45, 7) is 0. The summed E-state index contributed by atoms with van der Waals surface area (Å²) in [4.78, 5) is 10.8. The highest BCUT2D eigenvalue weighted by Gasteiger charge is 2.31. The molecule has 0 saturated carbocycles. The van der Waals surface area contributed by atoms with Gasteiger partial charge in [0, 0.05) is 0 Å². The van der Waals surface area contributed by atoms with Crippen LogP contribution in [0.1, 0.15) is 27.5 Å². The molecule has 0 amide bonds. The van der Waals surface area contributed by atoms with Crippen LogP contribution in [-0.2, 0) is 0 Å². The quantitative estimate of drug-likeness (QED) is 0.908. The van der Waals surface area contributed by atoms with Crippen molar-refractivity contribution in [2.75, 3.05) is 0 Å². The Kier molecular flexibility index (Phi) is 4.37. The molecule has 116 valence electrons. The molecule has 0 spiro atoms. The zero-order valence-electron chi connectivity index (χ0n) is 11.2. The number of aromatic carboxylic acids is 1. The molecule has 0 radical (unpaired) electrons. The lowest BCUT2D eigenvalue weighted by Crippen LogP contribution is -2.17. The lowest BCUT2D eigenvalue weighted by atomic mass is 9.98. The van der Waals surface area contributed by atoms with E-state index in [-0.39, 0.29) is 11.3 Å². The monoisotopic (exact) mass is 311 g/mol. The van der Waals surface area contributed by atoms with E-state index < -0.39 is 18.4 Å². The second kappa shape index (κ2) is 6.07. The fourth-order valence-electron chi connectivity index (χ4n) is 1.90. The highest BCUT2D eigenvalue weighted by atomic mass is 19.4. The third-order valence-electron chi connectivity index (χ3n) is 2.99. The molecule has 0 fully saturated rings. The molecule has 4 nitrogen and oxygen atoms in total. The van der Waals surface area contributed by atoms with Gasteiger partial charge in [-0.15, -0.1) is 13.2 Å². The van der Waals surface area contributed by atoms with Crippen molar-refractivity contribution < 1.29 is 27.8 Å². The molecule has 0 bridgehead atoms. The second-order valence-electron chi connectivity index (χ2n) is 4.52. The first-order valence-corrected chi connectivity index (χ1v) is 6.21. The van der Waals surface area contributed by atoms with Gasteiger partial charge in [-0.3, -0.25) is 0 Å². The summed E-state index contributed by atoms with van der Waals surface area (Å²) in [5.74, 6) is -1.38. The van der Waals surface area contributed by atoms with Gasteiger partial charge >= 0.3 is 12.3 Å². The Morgan fingerprint density at radius 3 is 1.86 bits per heavy atom. The molecule has 2 aromatic rings. The summed E-state index contributed by atoms with van der Waals surface area (Å²) in [5, 5.41) is 8.82. The number of carboxylic acid groups (broad SMARTS) is 1. The van der Waals surface area contributed by atoms with Crippen molar-refractivity contribution in [3.63, 3.8) is 0 Å². The third-order valence-corrected chi connectivity index (χ3v) is 2.99. The lowest BCUT2D eigenvalue weighted by Gasteiger charge is -2.14. The third kappa shape index (κ3) is 3.98. The molecule has 0 unspecified atom stereocenters. The molecule has 3 N–H and O–H groups in total.